The van der Waals surface area contributed by atoms with Crippen molar-refractivity contribution in [2.24, 2.45) is 0 Å². The summed E-state index contributed by atoms with van der Waals surface area (Å²) in [6.07, 6.45) is -3.71. The van der Waals surface area contributed by atoms with Gasteiger partial charge in [0, 0.05) is 7.11 Å². The summed E-state index contributed by atoms with van der Waals surface area (Å²) in [5, 5.41) is 18.7. The smallest absolute Gasteiger partial charge is 0.184 e. The number of aliphatic hydroxyl groups excluding tert-OH is 2. The minimum Gasteiger partial charge on any atom is -0.808 e. The maximum Gasteiger partial charge on any atom is 0.184 e. The Bertz CT molecular complexity index is 285. The highest BCUT2D eigenvalue weighted by atomic mass is 31.2. The average Bonchev–Trinajstić information content (AvgIpc) is 2.37. The number of methoxy groups -OCH3 is 1. The highest BCUT2D eigenvalue weighted by Crippen LogP contribution is 2.28. The summed E-state index contributed by atoms with van der Waals surface area (Å²) in [6, 6.07) is 0. The molecule has 0 spiro atoms. The molecule has 1 aliphatic rings. The molecule has 1 saturated heterocycles. The SMILES string of the molecule is CO[C@H]1C(O)[C@@H](/C=C\P(=O)([O-])[O-])O[C@H]1O. The molecule has 0 amide bonds. The van der Waals surface area contributed by atoms with E-state index in [4.69, 9.17) is 9.47 Å². The fraction of sp³-hybridized carbons (Fsp3) is 0.714. The fourth-order valence-corrected chi connectivity index (χ4v) is 1.66. The van der Waals surface area contributed by atoms with Gasteiger partial charge >= 0.3 is 0 Å². The third-order valence-corrected chi connectivity index (χ3v) is 2.52. The van der Waals surface area contributed by atoms with Crippen LogP contribution >= 0.6 is 7.60 Å². The van der Waals surface area contributed by atoms with Crippen LogP contribution in [-0.2, 0) is 14.0 Å². The standard InChI is InChI=1S/C7H13O7P/c1-13-6-5(8)4(14-7(6)9)2-3-15(10,11)12/h2-9H,1H3,(H2,10,11,12)/p-2/b3-2-/t4-,5?,6+,7-/m1/s1. The molecule has 88 valence electrons. The highest BCUT2D eigenvalue weighted by Gasteiger charge is 2.41. The normalized spacial score (nSPS) is 37.7. The summed E-state index contributed by atoms with van der Waals surface area (Å²) < 4.78 is 19.8. The summed E-state index contributed by atoms with van der Waals surface area (Å²) in [6.45, 7) is 0. The van der Waals surface area contributed by atoms with Crippen LogP contribution in [0.1, 0.15) is 0 Å². The molecule has 0 aromatic rings. The van der Waals surface area contributed by atoms with Crippen molar-refractivity contribution < 1.29 is 34.0 Å². The molecule has 15 heavy (non-hydrogen) atoms. The lowest BCUT2D eigenvalue weighted by Gasteiger charge is -2.25. The fourth-order valence-electron chi connectivity index (χ4n) is 1.28. The van der Waals surface area contributed by atoms with Gasteiger partial charge in [-0.15, -0.1) is 0 Å². The van der Waals surface area contributed by atoms with Gasteiger partial charge in [0.25, 0.3) is 0 Å². The Morgan fingerprint density at radius 1 is 1.47 bits per heavy atom. The summed E-state index contributed by atoms with van der Waals surface area (Å²) >= 11 is 0. The molecule has 0 aromatic carbocycles. The second-order valence-electron chi connectivity index (χ2n) is 3.06. The minimum absolute atomic E-state index is 0.394. The van der Waals surface area contributed by atoms with Gasteiger partial charge < -0.3 is 34.0 Å². The molecule has 1 heterocycles. The van der Waals surface area contributed by atoms with Gasteiger partial charge in [-0.3, -0.25) is 0 Å². The maximum absolute atomic E-state index is 10.3. The summed E-state index contributed by atoms with van der Waals surface area (Å²) in [5.41, 5.74) is 0. The third-order valence-electron chi connectivity index (χ3n) is 1.98. The Morgan fingerprint density at radius 2 is 2.07 bits per heavy atom. The van der Waals surface area contributed by atoms with Crippen molar-refractivity contribution in [2.45, 2.75) is 24.6 Å². The number of rotatable bonds is 3. The molecule has 0 radical (unpaired) electrons. The van der Waals surface area contributed by atoms with Crippen molar-refractivity contribution in [2.75, 3.05) is 7.11 Å². The van der Waals surface area contributed by atoms with E-state index in [2.05, 4.69) is 0 Å². The van der Waals surface area contributed by atoms with E-state index in [-0.39, 0.29) is 0 Å². The van der Waals surface area contributed by atoms with Crippen molar-refractivity contribution in [1.82, 2.24) is 0 Å². The lowest BCUT2D eigenvalue weighted by atomic mass is 10.1. The maximum atomic E-state index is 10.3. The van der Waals surface area contributed by atoms with Gasteiger partial charge in [0.2, 0.25) is 0 Å². The molecule has 1 aliphatic heterocycles. The van der Waals surface area contributed by atoms with Crippen molar-refractivity contribution in [1.29, 1.82) is 0 Å². The minimum atomic E-state index is -4.79. The molecule has 2 N–H and O–H groups in total. The van der Waals surface area contributed by atoms with Gasteiger partial charge in [-0.05, 0) is 7.60 Å². The quantitative estimate of drug-likeness (QED) is 0.521. The first-order chi connectivity index (χ1) is 6.85. The Kier molecular flexibility index (Phi) is 4.02. The monoisotopic (exact) mass is 238 g/mol. The predicted molar refractivity (Wildman–Crippen MR) is 44.4 cm³/mol. The molecule has 1 unspecified atom stereocenters. The Labute approximate surface area is 86.1 Å². The first-order valence-corrected chi connectivity index (χ1v) is 5.72. The second kappa shape index (κ2) is 4.71. The van der Waals surface area contributed by atoms with Gasteiger partial charge in [-0.2, -0.15) is 0 Å². The van der Waals surface area contributed by atoms with Crippen LogP contribution in [0.4, 0.5) is 0 Å². The van der Waals surface area contributed by atoms with Crippen LogP contribution in [0.15, 0.2) is 11.9 Å². The van der Waals surface area contributed by atoms with Crippen LogP contribution in [0.25, 0.3) is 0 Å². The van der Waals surface area contributed by atoms with Crippen LogP contribution in [0, 0.1) is 0 Å². The molecule has 0 aliphatic carbocycles. The zero-order valence-electron chi connectivity index (χ0n) is 7.85. The van der Waals surface area contributed by atoms with Crippen LogP contribution in [0.2, 0.25) is 0 Å². The first-order valence-electron chi connectivity index (χ1n) is 4.10. The number of hydrogen-bond acceptors (Lipinski definition) is 7. The van der Waals surface area contributed by atoms with Crippen molar-refractivity contribution >= 4 is 7.60 Å². The van der Waals surface area contributed by atoms with E-state index in [1.54, 1.807) is 0 Å². The topological polar surface area (TPSA) is 122 Å². The van der Waals surface area contributed by atoms with Gasteiger partial charge in [0.05, 0.1) is 0 Å². The lowest BCUT2D eigenvalue weighted by Crippen LogP contribution is -2.33. The molecule has 0 bridgehead atoms. The molecular formula is C7H11O7P-2. The molecule has 8 heteroatoms. The lowest BCUT2D eigenvalue weighted by molar-refractivity contribution is -0.308. The van der Waals surface area contributed by atoms with Crippen LogP contribution in [0.3, 0.4) is 0 Å². The molecular weight excluding hydrogens is 227 g/mol. The average molecular weight is 238 g/mol. The first kappa shape index (κ1) is 12.8. The van der Waals surface area contributed by atoms with E-state index in [0.29, 0.717) is 5.82 Å². The Morgan fingerprint density at radius 3 is 2.47 bits per heavy atom. The molecule has 0 aromatic heterocycles. The number of ether oxygens (including phenoxy) is 2. The zero-order valence-corrected chi connectivity index (χ0v) is 8.74. The number of hydrogen-bond donors (Lipinski definition) is 2. The van der Waals surface area contributed by atoms with Gasteiger partial charge in [0.15, 0.2) is 6.29 Å². The highest BCUT2D eigenvalue weighted by molar-refractivity contribution is 7.52. The largest absolute Gasteiger partial charge is 0.808 e. The summed E-state index contributed by atoms with van der Waals surface area (Å²) in [7, 11) is -3.52. The van der Waals surface area contributed by atoms with E-state index in [1.165, 1.54) is 7.11 Å². The molecule has 4 atom stereocenters. The number of aliphatic hydroxyl groups is 2. The van der Waals surface area contributed by atoms with Crippen LogP contribution < -0.4 is 9.79 Å². The van der Waals surface area contributed by atoms with E-state index in [9.17, 15) is 24.6 Å². The molecule has 0 saturated carbocycles. The van der Waals surface area contributed by atoms with E-state index in [0.717, 1.165) is 6.08 Å². The van der Waals surface area contributed by atoms with Crippen molar-refractivity contribution in [3.05, 3.63) is 11.9 Å². The summed E-state index contributed by atoms with van der Waals surface area (Å²) in [5.74, 6) is 0.394. The van der Waals surface area contributed by atoms with Crippen LogP contribution in [-0.4, -0.2) is 41.9 Å². The molecule has 1 fully saturated rings. The van der Waals surface area contributed by atoms with Gasteiger partial charge in [0.1, 0.15) is 18.3 Å². The predicted octanol–water partition coefficient (Wildman–Crippen LogP) is -2.49. The Hall–Kier alpha value is -0.270. The van der Waals surface area contributed by atoms with E-state index < -0.39 is 32.2 Å². The zero-order chi connectivity index (χ0) is 11.6. The van der Waals surface area contributed by atoms with E-state index in [1.807, 2.05) is 0 Å². The third kappa shape index (κ3) is 3.35. The van der Waals surface area contributed by atoms with Crippen LogP contribution in [0.5, 0.6) is 0 Å². The van der Waals surface area contributed by atoms with Gasteiger partial charge in [-0.25, -0.2) is 0 Å². The Balaban J connectivity index is 2.67. The van der Waals surface area contributed by atoms with Gasteiger partial charge in [-0.1, -0.05) is 11.9 Å². The van der Waals surface area contributed by atoms with E-state index >= 15 is 0 Å². The van der Waals surface area contributed by atoms with Crippen molar-refractivity contribution in [3.8, 4) is 0 Å². The van der Waals surface area contributed by atoms with Crippen molar-refractivity contribution in [3.63, 3.8) is 0 Å². The molecule has 7 nitrogen and oxygen atoms in total. The summed E-state index contributed by atoms with van der Waals surface area (Å²) in [4.78, 5) is 20.6. The second-order valence-corrected chi connectivity index (χ2v) is 4.44. The molecule has 1 rings (SSSR count).